The van der Waals surface area contributed by atoms with E-state index in [4.69, 9.17) is 5.73 Å². The van der Waals surface area contributed by atoms with E-state index in [1.807, 2.05) is 13.0 Å². The fourth-order valence-electron chi connectivity index (χ4n) is 2.36. The molecule has 3 heteroatoms. The Bertz CT molecular complexity index is 372. The minimum atomic E-state index is -0.115. The molecular weight excluding hydrogens is 233 g/mol. The molecule has 0 heterocycles. The summed E-state index contributed by atoms with van der Waals surface area (Å²) in [5.74, 6) is -0.115. The average molecular weight is 253 g/mol. The molecule has 2 N–H and O–H groups in total. The van der Waals surface area contributed by atoms with Crippen LogP contribution in [-0.2, 0) is 0 Å². The summed E-state index contributed by atoms with van der Waals surface area (Å²) in [4.78, 5) is 0.773. The zero-order chi connectivity index (χ0) is 12.3. The number of hydrogen-bond donors (Lipinski definition) is 1. The molecule has 0 aliphatic heterocycles. The molecule has 0 aromatic heterocycles. The molecule has 0 spiro atoms. The highest BCUT2D eigenvalue weighted by atomic mass is 32.2. The summed E-state index contributed by atoms with van der Waals surface area (Å²) in [5, 5.41) is 0.568. The summed E-state index contributed by atoms with van der Waals surface area (Å²) < 4.78 is 13.9. The van der Waals surface area contributed by atoms with Crippen LogP contribution in [-0.4, -0.2) is 5.25 Å². The number of rotatable bonds is 3. The van der Waals surface area contributed by atoms with E-state index in [9.17, 15) is 4.39 Å². The largest absolute Gasteiger partial charge is 0.324 e. The van der Waals surface area contributed by atoms with Crippen molar-refractivity contribution in [3.05, 3.63) is 29.6 Å². The standard InChI is InChI=1S/C14H20FNS/c1-10(16)12-8-5-9-13(15)14(12)17-11-6-3-2-4-7-11/h5,8-11H,2-4,6-7,16H2,1H3/t10-/m0/s1. The molecule has 0 amide bonds. The Morgan fingerprint density at radius 2 is 2.00 bits per heavy atom. The molecule has 1 aliphatic carbocycles. The first-order valence-electron chi connectivity index (χ1n) is 6.39. The van der Waals surface area contributed by atoms with Crippen molar-refractivity contribution < 1.29 is 4.39 Å². The third kappa shape index (κ3) is 3.23. The Kier molecular flexibility index (Phi) is 4.46. The Balaban J connectivity index is 2.18. The van der Waals surface area contributed by atoms with Crippen molar-refractivity contribution in [3.8, 4) is 0 Å². The van der Waals surface area contributed by atoms with Crippen LogP contribution in [0.2, 0.25) is 0 Å². The van der Waals surface area contributed by atoms with Gasteiger partial charge in [-0.2, -0.15) is 0 Å². The molecule has 1 atom stereocenters. The molecule has 1 fully saturated rings. The van der Waals surface area contributed by atoms with Crippen molar-refractivity contribution in [2.45, 2.75) is 55.2 Å². The molecule has 94 valence electrons. The lowest BCUT2D eigenvalue weighted by Gasteiger charge is -2.23. The number of thioether (sulfide) groups is 1. The van der Waals surface area contributed by atoms with Crippen molar-refractivity contribution in [3.63, 3.8) is 0 Å². The van der Waals surface area contributed by atoms with Crippen LogP contribution in [0, 0.1) is 5.82 Å². The average Bonchev–Trinajstić information content (AvgIpc) is 2.33. The second-order valence-electron chi connectivity index (χ2n) is 4.82. The molecule has 1 aromatic rings. The van der Waals surface area contributed by atoms with Gasteiger partial charge in [0.2, 0.25) is 0 Å². The summed E-state index contributed by atoms with van der Waals surface area (Å²) >= 11 is 1.69. The smallest absolute Gasteiger partial charge is 0.137 e. The highest BCUT2D eigenvalue weighted by Crippen LogP contribution is 2.37. The highest BCUT2D eigenvalue weighted by Gasteiger charge is 2.19. The van der Waals surface area contributed by atoms with Gasteiger partial charge < -0.3 is 5.73 Å². The zero-order valence-corrected chi connectivity index (χ0v) is 11.1. The van der Waals surface area contributed by atoms with Crippen LogP contribution in [0.4, 0.5) is 4.39 Å². The van der Waals surface area contributed by atoms with Gasteiger partial charge in [-0.25, -0.2) is 4.39 Å². The molecule has 0 bridgehead atoms. The van der Waals surface area contributed by atoms with Crippen molar-refractivity contribution in [2.75, 3.05) is 0 Å². The molecule has 1 aliphatic rings. The van der Waals surface area contributed by atoms with Crippen molar-refractivity contribution in [2.24, 2.45) is 5.73 Å². The lowest BCUT2D eigenvalue weighted by molar-refractivity contribution is 0.514. The first-order valence-corrected chi connectivity index (χ1v) is 7.27. The van der Waals surface area contributed by atoms with E-state index in [1.165, 1.54) is 38.2 Å². The maximum atomic E-state index is 13.9. The monoisotopic (exact) mass is 253 g/mol. The third-order valence-electron chi connectivity index (χ3n) is 3.32. The van der Waals surface area contributed by atoms with E-state index in [0.717, 1.165) is 10.5 Å². The van der Waals surface area contributed by atoms with Gasteiger partial charge in [0.15, 0.2) is 0 Å². The third-order valence-corrected chi connectivity index (χ3v) is 4.80. The van der Waals surface area contributed by atoms with Crippen molar-refractivity contribution >= 4 is 11.8 Å². The van der Waals surface area contributed by atoms with E-state index in [-0.39, 0.29) is 11.9 Å². The van der Waals surface area contributed by atoms with E-state index in [2.05, 4.69) is 0 Å². The van der Waals surface area contributed by atoms with E-state index in [0.29, 0.717) is 5.25 Å². The van der Waals surface area contributed by atoms with Gasteiger partial charge in [-0.05, 0) is 31.4 Å². The van der Waals surface area contributed by atoms with Gasteiger partial charge in [-0.15, -0.1) is 11.8 Å². The molecule has 0 radical (unpaired) electrons. The maximum absolute atomic E-state index is 13.9. The van der Waals surface area contributed by atoms with Crippen LogP contribution in [0.1, 0.15) is 50.6 Å². The van der Waals surface area contributed by atoms with Gasteiger partial charge in [-0.1, -0.05) is 31.4 Å². The van der Waals surface area contributed by atoms with Crippen LogP contribution in [0.5, 0.6) is 0 Å². The number of halogens is 1. The minimum Gasteiger partial charge on any atom is -0.324 e. The first-order chi connectivity index (χ1) is 8.18. The number of nitrogens with two attached hydrogens (primary N) is 1. The molecule has 1 aromatic carbocycles. The Morgan fingerprint density at radius 1 is 1.29 bits per heavy atom. The van der Waals surface area contributed by atoms with Gasteiger partial charge in [0.05, 0.1) is 0 Å². The molecule has 1 saturated carbocycles. The van der Waals surface area contributed by atoms with Gasteiger partial charge in [0.25, 0.3) is 0 Å². The second kappa shape index (κ2) is 5.87. The summed E-state index contributed by atoms with van der Waals surface area (Å²) in [6.45, 7) is 1.92. The van der Waals surface area contributed by atoms with E-state index >= 15 is 0 Å². The zero-order valence-electron chi connectivity index (χ0n) is 10.3. The predicted octanol–water partition coefficient (Wildman–Crippen LogP) is 4.27. The molecule has 2 rings (SSSR count). The van der Waals surface area contributed by atoms with Crippen molar-refractivity contribution in [1.29, 1.82) is 0 Å². The maximum Gasteiger partial charge on any atom is 0.137 e. The second-order valence-corrected chi connectivity index (χ2v) is 6.14. The summed E-state index contributed by atoms with van der Waals surface area (Å²) in [5.41, 5.74) is 6.85. The van der Waals surface area contributed by atoms with E-state index < -0.39 is 0 Å². The number of benzene rings is 1. The summed E-state index contributed by atoms with van der Waals surface area (Å²) in [7, 11) is 0. The Labute approximate surface area is 107 Å². The van der Waals surface area contributed by atoms with E-state index in [1.54, 1.807) is 17.8 Å². The SMILES string of the molecule is C[C@H](N)c1cccc(F)c1SC1CCCCC1. The fourth-order valence-corrected chi connectivity index (χ4v) is 3.83. The summed E-state index contributed by atoms with van der Waals surface area (Å²) in [6.07, 6.45) is 6.29. The first kappa shape index (κ1) is 12.9. The van der Waals surface area contributed by atoms with Gasteiger partial charge in [0, 0.05) is 16.2 Å². The predicted molar refractivity (Wildman–Crippen MR) is 71.7 cm³/mol. The molecule has 17 heavy (non-hydrogen) atoms. The van der Waals surface area contributed by atoms with Gasteiger partial charge in [-0.3, -0.25) is 0 Å². The Morgan fingerprint density at radius 3 is 2.65 bits per heavy atom. The van der Waals surface area contributed by atoms with Crippen LogP contribution >= 0.6 is 11.8 Å². The highest BCUT2D eigenvalue weighted by molar-refractivity contribution is 8.00. The fraction of sp³-hybridized carbons (Fsp3) is 0.571. The molecular formula is C14H20FNS. The van der Waals surface area contributed by atoms with Crippen LogP contribution in [0.25, 0.3) is 0 Å². The van der Waals surface area contributed by atoms with Crippen LogP contribution < -0.4 is 5.73 Å². The lowest BCUT2D eigenvalue weighted by atomic mass is 10.0. The minimum absolute atomic E-state index is 0.100. The van der Waals surface area contributed by atoms with Crippen LogP contribution in [0.3, 0.4) is 0 Å². The summed E-state index contributed by atoms with van der Waals surface area (Å²) in [6, 6.07) is 5.13. The molecule has 0 saturated heterocycles. The number of hydrogen-bond acceptors (Lipinski definition) is 2. The van der Waals surface area contributed by atoms with Gasteiger partial charge >= 0.3 is 0 Å². The Hall–Kier alpha value is -0.540. The van der Waals surface area contributed by atoms with Crippen LogP contribution in [0.15, 0.2) is 23.1 Å². The van der Waals surface area contributed by atoms with Crippen molar-refractivity contribution in [1.82, 2.24) is 0 Å². The molecule has 1 nitrogen and oxygen atoms in total. The quantitative estimate of drug-likeness (QED) is 0.870. The van der Waals surface area contributed by atoms with Gasteiger partial charge in [0.1, 0.15) is 5.82 Å². The lowest BCUT2D eigenvalue weighted by Crippen LogP contribution is -2.12. The normalized spacial score (nSPS) is 19.2. The molecule has 0 unspecified atom stereocenters. The topological polar surface area (TPSA) is 26.0 Å².